The predicted octanol–water partition coefficient (Wildman–Crippen LogP) is 3.08. The quantitative estimate of drug-likeness (QED) is 0.828. The molecule has 4 nitrogen and oxygen atoms in total. The van der Waals surface area contributed by atoms with E-state index in [9.17, 15) is 9.59 Å². The summed E-state index contributed by atoms with van der Waals surface area (Å²) < 4.78 is 0. The monoisotopic (exact) mass is 263 g/mol. The molecule has 0 spiro atoms. The Morgan fingerprint density at radius 1 is 1.11 bits per heavy atom. The van der Waals surface area contributed by atoms with Crippen LogP contribution in [-0.2, 0) is 0 Å². The first-order valence-electron chi connectivity index (χ1n) is 6.64. The summed E-state index contributed by atoms with van der Waals surface area (Å²) in [6.07, 6.45) is 2.55. The fraction of sp³-hybridized carbons (Fsp3) is 0.467. The highest BCUT2D eigenvalue weighted by Crippen LogP contribution is 2.20. The second-order valence-electron chi connectivity index (χ2n) is 4.68. The number of hydrogen-bond acceptors (Lipinski definition) is 2. The first-order valence-corrected chi connectivity index (χ1v) is 6.64. The van der Waals surface area contributed by atoms with Crippen LogP contribution in [0.25, 0.3) is 0 Å². The third-order valence-electron chi connectivity index (χ3n) is 3.78. The third-order valence-corrected chi connectivity index (χ3v) is 3.78. The van der Waals surface area contributed by atoms with Crippen LogP contribution in [0.5, 0.6) is 0 Å². The van der Waals surface area contributed by atoms with E-state index in [2.05, 4.69) is 5.32 Å². The number of amides is 1. The van der Waals surface area contributed by atoms with Crippen molar-refractivity contribution in [2.45, 2.75) is 45.6 Å². The molecule has 1 amide bonds. The molecule has 4 heteroatoms. The maximum absolute atomic E-state index is 12.2. The molecule has 0 heterocycles. The predicted molar refractivity (Wildman–Crippen MR) is 74.5 cm³/mol. The molecule has 0 fully saturated rings. The van der Waals surface area contributed by atoms with Gasteiger partial charge in [0.2, 0.25) is 0 Å². The Labute approximate surface area is 113 Å². The molecule has 0 aliphatic carbocycles. The smallest absolute Gasteiger partial charge is 0.335 e. The van der Waals surface area contributed by atoms with Gasteiger partial charge in [0, 0.05) is 11.1 Å². The van der Waals surface area contributed by atoms with E-state index < -0.39 is 5.97 Å². The van der Waals surface area contributed by atoms with Crippen molar-refractivity contribution in [3.8, 4) is 0 Å². The van der Waals surface area contributed by atoms with E-state index in [1.54, 1.807) is 12.1 Å². The highest BCUT2D eigenvalue weighted by Gasteiger charge is 2.26. The number of carboxylic acids is 1. The van der Waals surface area contributed by atoms with Crippen LogP contribution in [0.2, 0.25) is 0 Å². The van der Waals surface area contributed by atoms with E-state index in [0.29, 0.717) is 5.56 Å². The largest absolute Gasteiger partial charge is 0.478 e. The second-order valence-corrected chi connectivity index (χ2v) is 4.68. The fourth-order valence-corrected chi connectivity index (χ4v) is 2.12. The summed E-state index contributed by atoms with van der Waals surface area (Å²) in [5.74, 6) is -1.24. The molecule has 0 aliphatic rings. The summed E-state index contributed by atoms with van der Waals surface area (Å²) in [5, 5.41) is 12.0. The van der Waals surface area contributed by atoms with E-state index in [0.717, 1.165) is 19.3 Å². The number of nitrogens with one attached hydrogen (secondary N) is 1. The highest BCUT2D eigenvalue weighted by atomic mass is 16.4. The first-order chi connectivity index (χ1) is 8.98. The summed E-state index contributed by atoms with van der Waals surface area (Å²) in [5.41, 5.74) is 0.304. The number of rotatable bonds is 6. The van der Waals surface area contributed by atoms with E-state index in [-0.39, 0.29) is 17.0 Å². The van der Waals surface area contributed by atoms with Gasteiger partial charge in [-0.25, -0.2) is 4.79 Å². The van der Waals surface area contributed by atoms with E-state index in [1.807, 2.05) is 20.8 Å². The lowest BCUT2D eigenvalue weighted by atomic mass is 9.89. The molecule has 104 valence electrons. The molecule has 0 radical (unpaired) electrons. The van der Waals surface area contributed by atoms with Gasteiger partial charge in [-0.3, -0.25) is 4.79 Å². The summed E-state index contributed by atoms with van der Waals surface area (Å²) in [4.78, 5) is 23.1. The molecule has 0 unspecified atom stereocenters. The average molecular weight is 263 g/mol. The molecule has 0 aliphatic heterocycles. The number of carbonyl (C=O) groups is 2. The maximum Gasteiger partial charge on any atom is 0.335 e. The summed E-state index contributed by atoms with van der Waals surface area (Å²) >= 11 is 0. The van der Waals surface area contributed by atoms with Gasteiger partial charge in [0.1, 0.15) is 0 Å². The molecule has 0 atom stereocenters. The van der Waals surface area contributed by atoms with Crippen LogP contribution in [-0.4, -0.2) is 22.5 Å². The Morgan fingerprint density at radius 3 is 2.11 bits per heavy atom. The Kier molecular flexibility index (Phi) is 5.10. The van der Waals surface area contributed by atoms with Crippen molar-refractivity contribution in [1.82, 2.24) is 5.32 Å². The lowest BCUT2D eigenvalue weighted by molar-refractivity contribution is 0.0697. The maximum atomic E-state index is 12.2. The van der Waals surface area contributed by atoms with Gasteiger partial charge in [-0.1, -0.05) is 26.8 Å². The van der Waals surface area contributed by atoms with Crippen LogP contribution in [0.4, 0.5) is 0 Å². The summed E-state index contributed by atoms with van der Waals surface area (Å²) in [7, 11) is 0. The fourth-order valence-electron chi connectivity index (χ4n) is 2.12. The standard InChI is InChI=1S/C15H21NO3/c1-4-15(5-2,6-3)16-13(17)11-8-7-9-12(10-11)14(18)19/h7-10H,4-6H2,1-3H3,(H,16,17)(H,18,19). The molecule has 2 N–H and O–H groups in total. The van der Waals surface area contributed by atoms with Crippen molar-refractivity contribution in [3.63, 3.8) is 0 Å². The van der Waals surface area contributed by atoms with Crippen molar-refractivity contribution < 1.29 is 14.7 Å². The van der Waals surface area contributed by atoms with Gasteiger partial charge in [-0.05, 0) is 37.5 Å². The van der Waals surface area contributed by atoms with Crippen molar-refractivity contribution in [2.75, 3.05) is 0 Å². The zero-order chi connectivity index (χ0) is 14.5. The van der Waals surface area contributed by atoms with Crippen LogP contribution in [0.1, 0.15) is 60.7 Å². The Morgan fingerprint density at radius 2 is 1.63 bits per heavy atom. The average Bonchev–Trinajstić information content (AvgIpc) is 2.45. The summed E-state index contributed by atoms with van der Waals surface area (Å²) in [6.45, 7) is 6.13. The first kappa shape index (κ1) is 15.2. The van der Waals surface area contributed by atoms with Gasteiger partial charge in [0.05, 0.1) is 5.56 Å². The van der Waals surface area contributed by atoms with Crippen LogP contribution >= 0.6 is 0 Å². The van der Waals surface area contributed by atoms with Crippen LogP contribution in [0, 0.1) is 0 Å². The van der Waals surface area contributed by atoms with Gasteiger partial charge in [0.15, 0.2) is 0 Å². The van der Waals surface area contributed by atoms with E-state index in [1.165, 1.54) is 12.1 Å². The second kappa shape index (κ2) is 6.36. The van der Waals surface area contributed by atoms with Gasteiger partial charge < -0.3 is 10.4 Å². The minimum absolute atomic E-state index is 0.128. The zero-order valence-electron chi connectivity index (χ0n) is 11.7. The molecule has 0 saturated carbocycles. The third kappa shape index (κ3) is 3.56. The molecule has 19 heavy (non-hydrogen) atoms. The molecule has 1 aromatic rings. The highest BCUT2D eigenvalue weighted by molar-refractivity contribution is 5.97. The minimum atomic E-state index is -1.03. The van der Waals surface area contributed by atoms with Crippen molar-refractivity contribution >= 4 is 11.9 Å². The van der Waals surface area contributed by atoms with Gasteiger partial charge in [0.25, 0.3) is 5.91 Å². The Balaban J connectivity index is 2.94. The molecular weight excluding hydrogens is 242 g/mol. The van der Waals surface area contributed by atoms with Crippen LogP contribution in [0.3, 0.4) is 0 Å². The topological polar surface area (TPSA) is 66.4 Å². The molecule has 0 saturated heterocycles. The molecule has 1 rings (SSSR count). The SMILES string of the molecule is CCC(CC)(CC)NC(=O)c1cccc(C(=O)O)c1. The normalized spacial score (nSPS) is 11.1. The van der Waals surface area contributed by atoms with Gasteiger partial charge >= 0.3 is 5.97 Å². The summed E-state index contributed by atoms with van der Waals surface area (Å²) in [6, 6.07) is 6.10. The lowest BCUT2D eigenvalue weighted by Gasteiger charge is -2.31. The minimum Gasteiger partial charge on any atom is -0.478 e. The van der Waals surface area contributed by atoms with E-state index in [4.69, 9.17) is 5.11 Å². The lowest BCUT2D eigenvalue weighted by Crippen LogP contribution is -2.47. The Bertz CT molecular complexity index is 456. The van der Waals surface area contributed by atoms with E-state index >= 15 is 0 Å². The van der Waals surface area contributed by atoms with Gasteiger partial charge in [-0.15, -0.1) is 0 Å². The molecule has 1 aromatic carbocycles. The van der Waals surface area contributed by atoms with Crippen molar-refractivity contribution in [3.05, 3.63) is 35.4 Å². The number of carboxylic acid groups (broad SMARTS) is 1. The van der Waals surface area contributed by atoms with Crippen molar-refractivity contribution in [1.29, 1.82) is 0 Å². The number of hydrogen-bond donors (Lipinski definition) is 2. The zero-order valence-corrected chi connectivity index (χ0v) is 11.7. The molecular formula is C15H21NO3. The molecule has 0 aromatic heterocycles. The molecule has 0 bridgehead atoms. The van der Waals surface area contributed by atoms with Gasteiger partial charge in [-0.2, -0.15) is 0 Å². The number of benzene rings is 1. The van der Waals surface area contributed by atoms with Crippen LogP contribution in [0.15, 0.2) is 24.3 Å². The Hall–Kier alpha value is -1.84. The van der Waals surface area contributed by atoms with Crippen molar-refractivity contribution in [2.24, 2.45) is 0 Å². The number of carbonyl (C=O) groups excluding carboxylic acids is 1. The van der Waals surface area contributed by atoms with Crippen LogP contribution < -0.4 is 5.32 Å². The number of aromatic carboxylic acids is 1.